The summed E-state index contributed by atoms with van der Waals surface area (Å²) in [4.78, 5) is 24.1. The molecular weight excluding hydrogens is 463 g/mol. The van der Waals surface area contributed by atoms with Crippen molar-refractivity contribution in [1.82, 2.24) is 4.31 Å². The van der Waals surface area contributed by atoms with E-state index >= 15 is 0 Å². The van der Waals surface area contributed by atoms with Gasteiger partial charge in [0.2, 0.25) is 0 Å². The third-order valence-electron chi connectivity index (χ3n) is 5.13. The van der Waals surface area contributed by atoms with Crippen LogP contribution in [0.5, 0.6) is 0 Å². The van der Waals surface area contributed by atoms with Gasteiger partial charge in [0.25, 0.3) is 0 Å². The molecule has 0 amide bonds. The molecule has 1 unspecified atom stereocenters. The minimum atomic E-state index is -5.72. The van der Waals surface area contributed by atoms with E-state index in [2.05, 4.69) is 0 Å². The van der Waals surface area contributed by atoms with Crippen LogP contribution in [0.3, 0.4) is 0 Å². The number of alkyl halides is 3. The molecule has 1 heterocycles. The Hall–Kier alpha value is -2.40. The van der Waals surface area contributed by atoms with Gasteiger partial charge in [0, 0.05) is 12.6 Å². The first-order valence-corrected chi connectivity index (χ1v) is 12.2. The Kier molecular flexibility index (Phi) is 9.47. The molecule has 11 heteroatoms. The van der Waals surface area contributed by atoms with Gasteiger partial charge in [-0.15, -0.1) is 0 Å². The van der Waals surface area contributed by atoms with Gasteiger partial charge >= 0.3 is 27.5 Å². The van der Waals surface area contributed by atoms with Crippen molar-refractivity contribution in [1.29, 1.82) is 0 Å². The second kappa shape index (κ2) is 11.6. The Balaban J connectivity index is 2.35. The number of rotatable bonds is 11. The molecule has 1 aliphatic rings. The molecule has 7 nitrogen and oxygen atoms in total. The van der Waals surface area contributed by atoms with E-state index in [9.17, 15) is 31.2 Å². The van der Waals surface area contributed by atoms with Crippen molar-refractivity contribution in [2.75, 3.05) is 13.2 Å². The molecule has 184 valence electrons. The number of esters is 2. The Morgan fingerprint density at radius 3 is 2.36 bits per heavy atom. The molecule has 1 aliphatic heterocycles. The van der Waals surface area contributed by atoms with Crippen LogP contribution in [0.1, 0.15) is 68.7 Å². The Morgan fingerprint density at radius 1 is 1.12 bits per heavy atom. The fourth-order valence-electron chi connectivity index (χ4n) is 3.36. The maximum absolute atomic E-state index is 13.3. The van der Waals surface area contributed by atoms with Crippen molar-refractivity contribution in [3.63, 3.8) is 0 Å². The third-order valence-corrected chi connectivity index (χ3v) is 6.72. The van der Waals surface area contributed by atoms with Crippen molar-refractivity contribution < 1.29 is 40.7 Å². The number of nitrogens with zero attached hydrogens (tertiary/aromatic N) is 1. The smallest absolute Gasteiger partial charge is 0.466 e. The van der Waals surface area contributed by atoms with Gasteiger partial charge in [-0.2, -0.15) is 17.5 Å². The summed E-state index contributed by atoms with van der Waals surface area (Å²) in [5.41, 5.74) is -4.62. The van der Waals surface area contributed by atoms with E-state index in [4.69, 9.17) is 9.47 Å². The van der Waals surface area contributed by atoms with Crippen LogP contribution in [0, 0.1) is 0 Å². The lowest BCUT2D eigenvalue weighted by atomic mass is 9.98. The van der Waals surface area contributed by atoms with Crippen LogP contribution in [-0.4, -0.2) is 43.4 Å². The molecular formula is C22H28F3NO6S. The molecule has 1 aromatic rings. The van der Waals surface area contributed by atoms with Gasteiger partial charge in [0.15, 0.2) is 0 Å². The van der Waals surface area contributed by atoms with Crippen LogP contribution < -0.4 is 0 Å². The highest BCUT2D eigenvalue weighted by Gasteiger charge is 2.54. The van der Waals surface area contributed by atoms with Gasteiger partial charge in [-0.05, 0) is 35.6 Å². The number of sulfonamides is 1. The first-order valence-electron chi connectivity index (χ1n) is 10.7. The second-order valence-corrected chi connectivity index (χ2v) is 9.44. The summed E-state index contributed by atoms with van der Waals surface area (Å²) < 4.78 is 74.9. The maximum atomic E-state index is 13.3. The fourth-order valence-corrected chi connectivity index (χ4v) is 4.45. The van der Waals surface area contributed by atoms with Crippen molar-refractivity contribution in [3.8, 4) is 0 Å². The molecule has 0 spiro atoms. The molecule has 1 atom stereocenters. The highest BCUT2D eigenvalue weighted by Crippen LogP contribution is 2.43. The van der Waals surface area contributed by atoms with Crippen molar-refractivity contribution >= 4 is 28.0 Å². The summed E-state index contributed by atoms with van der Waals surface area (Å²) in [6.45, 7) is 3.58. The number of hydrogen-bond acceptors (Lipinski definition) is 6. The van der Waals surface area contributed by atoms with Gasteiger partial charge in [-0.1, -0.05) is 44.9 Å². The predicted octanol–water partition coefficient (Wildman–Crippen LogP) is 4.48. The quantitative estimate of drug-likeness (QED) is 0.258. The molecule has 0 bridgehead atoms. The van der Waals surface area contributed by atoms with Crippen molar-refractivity contribution in [2.45, 2.75) is 64.0 Å². The van der Waals surface area contributed by atoms with Crippen LogP contribution in [-0.2, 0) is 35.6 Å². The molecule has 0 aliphatic carbocycles. The summed E-state index contributed by atoms with van der Waals surface area (Å²) in [7, 11) is -5.72. The van der Waals surface area contributed by atoms with Crippen LogP contribution in [0.2, 0.25) is 0 Å². The number of unbranched alkanes of at least 4 members (excludes halogenated alkanes) is 2. The van der Waals surface area contributed by atoms with Gasteiger partial charge in [0.05, 0.1) is 25.7 Å². The molecule has 1 aromatic carbocycles. The minimum absolute atomic E-state index is 0.101. The summed E-state index contributed by atoms with van der Waals surface area (Å²) in [6.07, 6.45) is 4.83. The molecule has 33 heavy (non-hydrogen) atoms. The van der Waals surface area contributed by atoms with Gasteiger partial charge < -0.3 is 9.47 Å². The van der Waals surface area contributed by atoms with E-state index in [0.29, 0.717) is 18.4 Å². The Labute approximate surface area is 191 Å². The summed E-state index contributed by atoms with van der Waals surface area (Å²) >= 11 is 0. The lowest BCUT2D eigenvalue weighted by molar-refractivity contribution is -0.145. The van der Waals surface area contributed by atoms with Crippen LogP contribution in [0.25, 0.3) is 6.08 Å². The van der Waals surface area contributed by atoms with Crippen LogP contribution in [0.4, 0.5) is 13.2 Å². The van der Waals surface area contributed by atoms with Crippen molar-refractivity contribution in [2.24, 2.45) is 0 Å². The largest absolute Gasteiger partial charge is 0.511 e. The molecule has 0 fully saturated rings. The number of benzene rings is 1. The zero-order valence-corrected chi connectivity index (χ0v) is 19.4. The number of carbonyl (C=O) groups excluding carboxylic acids is 2. The van der Waals surface area contributed by atoms with Crippen molar-refractivity contribution in [3.05, 3.63) is 41.0 Å². The highest BCUT2D eigenvalue weighted by molar-refractivity contribution is 7.90. The lowest BCUT2D eigenvalue weighted by Crippen LogP contribution is -2.40. The normalized spacial score (nSPS) is 16.7. The zero-order valence-electron chi connectivity index (χ0n) is 18.6. The molecule has 0 radical (unpaired) electrons. The molecule has 0 N–H and O–H groups in total. The standard InChI is InChI=1S/C22H28F3NO6S/c1-3-5-12-31-20(27)11-10-16-8-7-9-17-18(16)15-26(33(29,30)22(23,24)25)19(17)14-21(28)32-13-6-4-2/h7-11,19H,3-6,12-15H2,1-2H3/b11-10+. The zero-order chi connectivity index (χ0) is 24.6. The second-order valence-electron chi connectivity index (χ2n) is 7.56. The topological polar surface area (TPSA) is 90.0 Å². The summed E-state index contributed by atoms with van der Waals surface area (Å²) in [6, 6.07) is 3.18. The first kappa shape index (κ1) is 26.8. The summed E-state index contributed by atoms with van der Waals surface area (Å²) in [5.74, 6) is -1.40. The number of fused-ring (bicyclic) bond motifs is 1. The number of hydrogen-bond donors (Lipinski definition) is 0. The van der Waals surface area contributed by atoms with Crippen LogP contribution >= 0.6 is 0 Å². The fraction of sp³-hybridized carbons (Fsp3) is 0.545. The Bertz CT molecular complexity index is 975. The van der Waals surface area contributed by atoms with E-state index in [1.807, 2.05) is 13.8 Å². The number of halogens is 3. The van der Waals surface area contributed by atoms with E-state index in [-0.39, 0.29) is 28.6 Å². The molecule has 0 aromatic heterocycles. The minimum Gasteiger partial charge on any atom is -0.466 e. The SMILES string of the molecule is CCCCOC(=O)/C=C/c1cccc2c1CN(S(=O)(=O)C(F)(F)F)C2CC(=O)OCCCC. The average Bonchev–Trinajstić information content (AvgIpc) is 3.11. The monoisotopic (exact) mass is 491 g/mol. The van der Waals surface area contributed by atoms with Gasteiger partial charge in [-0.3, -0.25) is 4.79 Å². The lowest BCUT2D eigenvalue weighted by Gasteiger charge is -2.24. The molecule has 0 saturated carbocycles. The van der Waals surface area contributed by atoms with Crippen LogP contribution in [0.15, 0.2) is 24.3 Å². The van der Waals surface area contributed by atoms with E-state index in [1.54, 1.807) is 6.07 Å². The molecule has 2 rings (SSSR count). The predicted molar refractivity (Wildman–Crippen MR) is 115 cm³/mol. The number of ether oxygens (including phenoxy) is 2. The van der Waals surface area contributed by atoms with Gasteiger partial charge in [-0.25, -0.2) is 13.2 Å². The summed E-state index contributed by atoms with van der Waals surface area (Å²) in [5, 5.41) is 0. The van der Waals surface area contributed by atoms with E-state index < -0.39 is 46.5 Å². The van der Waals surface area contributed by atoms with E-state index in [0.717, 1.165) is 18.9 Å². The van der Waals surface area contributed by atoms with E-state index in [1.165, 1.54) is 18.2 Å². The number of carbonyl (C=O) groups is 2. The molecule has 0 saturated heterocycles. The Morgan fingerprint density at radius 2 is 1.76 bits per heavy atom. The average molecular weight is 492 g/mol. The van der Waals surface area contributed by atoms with Gasteiger partial charge in [0.1, 0.15) is 0 Å². The third kappa shape index (κ3) is 6.80. The highest BCUT2D eigenvalue weighted by atomic mass is 32.2. The maximum Gasteiger partial charge on any atom is 0.511 e. The first-order chi connectivity index (χ1) is 15.5.